The maximum atomic E-state index is 6.18. The van der Waals surface area contributed by atoms with Crippen LogP contribution in [-0.4, -0.2) is 48.1 Å². The summed E-state index contributed by atoms with van der Waals surface area (Å²) in [6.07, 6.45) is 5.91. The normalized spacial score (nSPS) is 16.4. The van der Waals surface area contributed by atoms with Crippen molar-refractivity contribution in [2.75, 3.05) is 26.3 Å². The second kappa shape index (κ2) is 12.0. The summed E-state index contributed by atoms with van der Waals surface area (Å²) in [4.78, 5) is 4.75. The van der Waals surface area contributed by atoms with Crippen molar-refractivity contribution >= 4 is 29.9 Å². The van der Waals surface area contributed by atoms with E-state index < -0.39 is 0 Å². The average molecular weight is 513 g/mol. The maximum absolute atomic E-state index is 6.18. The first-order chi connectivity index (χ1) is 13.6. The predicted molar refractivity (Wildman–Crippen MR) is 126 cm³/mol. The molecular weight excluding hydrogens is 481 g/mol. The fourth-order valence-corrected chi connectivity index (χ4v) is 3.12. The first kappa shape index (κ1) is 23.5. The number of aryl methyl sites for hydroxylation is 2. The number of nitrogens with zero attached hydrogens (tertiary/aromatic N) is 3. The highest BCUT2D eigenvalue weighted by molar-refractivity contribution is 14.0. The molecule has 1 aromatic carbocycles. The standard InChI is InChI=1S/C21H31N5O2.HI/c1-4-22-21(23-9-7-17-12-25-26(3)14-17)24-13-18-6-5-16(2)11-20(18)28-19-8-10-27-15-19;/h5-6,11-12,14,19H,4,7-10,13,15H2,1-3H3,(H2,22,23,24);1H. The number of ether oxygens (including phenoxy) is 2. The van der Waals surface area contributed by atoms with Crippen molar-refractivity contribution in [1.29, 1.82) is 0 Å². The molecule has 1 saturated heterocycles. The van der Waals surface area contributed by atoms with Crippen LogP contribution in [0.5, 0.6) is 5.75 Å². The lowest BCUT2D eigenvalue weighted by atomic mass is 10.1. The molecule has 3 rings (SSSR count). The Morgan fingerprint density at radius 3 is 2.93 bits per heavy atom. The van der Waals surface area contributed by atoms with Crippen LogP contribution in [0.15, 0.2) is 35.6 Å². The maximum Gasteiger partial charge on any atom is 0.191 e. The van der Waals surface area contributed by atoms with Gasteiger partial charge in [-0.1, -0.05) is 12.1 Å². The van der Waals surface area contributed by atoms with Gasteiger partial charge < -0.3 is 20.1 Å². The molecule has 2 heterocycles. The molecule has 1 atom stereocenters. The van der Waals surface area contributed by atoms with E-state index in [0.717, 1.165) is 49.8 Å². The van der Waals surface area contributed by atoms with Gasteiger partial charge in [0.1, 0.15) is 11.9 Å². The minimum absolute atomic E-state index is 0. The number of guanidine groups is 1. The van der Waals surface area contributed by atoms with Gasteiger partial charge in [0, 0.05) is 38.3 Å². The van der Waals surface area contributed by atoms with Crippen molar-refractivity contribution in [1.82, 2.24) is 20.4 Å². The van der Waals surface area contributed by atoms with Crippen LogP contribution in [-0.2, 0) is 24.8 Å². The number of halogens is 1. The van der Waals surface area contributed by atoms with E-state index in [4.69, 9.17) is 14.5 Å². The first-order valence-electron chi connectivity index (χ1n) is 9.97. The van der Waals surface area contributed by atoms with E-state index >= 15 is 0 Å². The molecule has 2 N–H and O–H groups in total. The summed E-state index contributed by atoms with van der Waals surface area (Å²) < 4.78 is 13.4. The number of rotatable bonds is 8. The van der Waals surface area contributed by atoms with Crippen LogP contribution >= 0.6 is 24.0 Å². The largest absolute Gasteiger partial charge is 0.488 e. The van der Waals surface area contributed by atoms with Gasteiger partial charge in [0.2, 0.25) is 0 Å². The van der Waals surface area contributed by atoms with Gasteiger partial charge in [-0.3, -0.25) is 4.68 Å². The monoisotopic (exact) mass is 513 g/mol. The lowest BCUT2D eigenvalue weighted by molar-refractivity contribution is 0.140. The zero-order valence-electron chi connectivity index (χ0n) is 17.5. The molecule has 1 fully saturated rings. The summed E-state index contributed by atoms with van der Waals surface area (Å²) in [5.41, 5.74) is 3.48. The van der Waals surface area contributed by atoms with Gasteiger partial charge in [-0.15, -0.1) is 24.0 Å². The minimum atomic E-state index is 0. The van der Waals surface area contributed by atoms with Crippen molar-refractivity contribution in [2.45, 2.75) is 39.3 Å². The highest BCUT2D eigenvalue weighted by atomic mass is 127. The van der Waals surface area contributed by atoms with Crippen molar-refractivity contribution in [3.63, 3.8) is 0 Å². The summed E-state index contributed by atoms with van der Waals surface area (Å²) in [5.74, 6) is 1.72. The second-order valence-electron chi connectivity index (χ2n) is 7.11. The number of nitrogens with one attached hydrogen (secondary N) is 2. The third-order valence-corrected chi connectivity index (χ3v) is 4.62. The van der Waals surface area contributed by atoms with Crippen molar-refractivity contribution in [2.24, 2.45) is 12.0 Å². The van der Waals surface area contributed by atoms with Gasteiger partial charge >= 0.3 is 0 Å². The third-order valence-electron chi connectivity index (χ3n) is 4.62. The molecule has 0 saturated carbocycles. The molecule has 0 aliphatic carbocycles. The Bertz CT molecular complexity index is 787. The fourth-order valence-electron chi connectivity index (χ4n) is 3.12. The van der Waals surface area contributed by atoms with Gasteiger partial charge in [0.15, 0.2) is 5.96 Å². The van der Waals surface area contributed by atoms with Crippen LogP contribution in [0.2, 0.25) is 0 Å². The van der Waals surface area contributed by atoms with E-state index in [1.165, 1.54) is 11.1 Å². The van der Waals surface area contributed by atoms with Crippen molar-refractivity contribution < 1.29 is 9.47 Å². The summed E-state index contributed by atoms with van der Waals surface area (Å²) in [5, 5.41) is 10.9. The molecule has 0 amide bonds. The molecule has 0 bridgehead atoms. The number of aromatic nitrogens is 2. The SMILES string of the molecule is CCNC(=NCc1ccc(C)cc1OC1CCOC1)NCCc1cnn(C)c1.I. The van der Waals surface area contributed by atoms with Crippen LogP contribution in [0.1, 0.15) is 30.0 Å². The van der Waals surface area contributed by atoms with Crippen LogP contribution in [0.3, 0.4) is 0 Å². The Morgan fingerprint density at radius 2 is 2.24 bits per heavy atom. The molecule has 1 aliphatic heterocycles. The van der Waals surface area contributed by atoms with Gasteiger partial charge in [-0.25, -0.2) is 4.99 Å². The fraction of sp³-hybridized carbons (Fsp3) is 0.524. The molecule has 8 heteroatoms. The first-order valence-corrected chi connectivity index (χ1v) is 9.97. The smallest absolute Gasteiger partial charge is 0.191 e. The number of benzene rings is 1. The van der Waals surface area contributed by atoms with Gasteiger partial charge in [-0.2, -0.15) is 5.10 Å². The molecule has 1 unspecified atom stereocenters. The van der Waals surface area contributed by atoms with E-state index in [9.17, 15) is 0 Å². The van der Waals surface area contributed by atoms with Crippen LogP contribution in [0, 0.1) is 6.92 Å². The lowest BCUT2D eigenvalue weighted by Crippen LogP contribution is -2.38. The molecule has 7 nitrogen and oxygen atoms in total. The van der Waals surface area contributed by atoms with Crippen LogP contribution in [0.25, 0.3) is 0 Å². The summed E-state index contributed by atoms with van der Waals surface area (Å²) in [7, 11) is 1.93. The quantitative estimate of drug-likeness (QED) is 0.323. The number of hydrogen-bond donors (Lipinski definition) is 2. The molecule has 1 aromatic heterocycles. The highest BCUT2D eigenvalue weighted by Gasteiger charge is 2.18. The van der Waals surface area contributed by atoms with E-state index in [2.05, 4.69) is 47.8 Å². The third kappa shape index (κ3) is 7.50. The summed E-state index contributed by atoms with van der Waals surface area (Å²) in [6.45, 7) is 7.76. The number of hydrogen-bond acceptors (Lipinski definition) is 4. The minimum Gasteiger partial charge on any atom is -0.488 e. The van der Waals surface area contributed by atoms with Crippen LogP contribution < -0.4 is 15.4 Å². The van der Waals surface area contributed by atoms with E-state index in [1.54, 1.807) is 0 Å². The molecule has 0 radical (unpaired) electrons. The Kier molecular flexibility index (Phi) is 9.72. The highest BCUT2D eigenvalue weighted by Crippen LogP contribution is 2.24. The van der Waals surface area contributed by atoms with Crippen LogP contribution in [0.4, 0.5) is 0 Å². The van der Waals surface area contributed by atoms with E-state index in [0.29, 0.717) is 13.2 Å². The Hall–Kier alpha value is -1.81. The van der Waals surface area contributed by atoms with E-state index in [1.807, 2.05) is 24.1 Å². The second-order valence-corrected chi connectivity index (χ2v) is 7.11. The lowest BCUT2D eigenvalue weighted by Gasteiger charge is -2.16. The molecule has 0 spiro atoms. The average Bonchev–Trinajstić information content (AvgIpc) is 3.32. The Balaban J connectivity index is 0.00000300. The zero-order chi connectivity index (χ0) is 19.8. The van der Waals surface area contributed by atoms with Crippen molar-refractivity contribution in [3.8, 4) is 5.75 Å². The number of aliphatic imine (C=N–C) groups is 1. The Morgan fingerprint density at radius 1 is 1.38 bits per heavy atom. The molecule has 2 aromatic rings. The topological polar surface area (TPSA) is 72.7 Å². The predicted octanol–water partition coefficient (Wildman–Crippen LogP) is 2.81. The van der Waals surface area contributed by atoms with Gasteiger partial charge in [-0.05, 0) is 37.5 Å². The summed E-state index contributed by atoms with van der Waals surface area (Å²) in [6, 6.07) is 6.29. The Labute approximate surface area is 190 Å². The zero-order valence-corrected chi connectivity index (χ0v) is 19.8. The van der Waals surface area contributed by atoms with Gasteiger partial charge in [0.25, 0.3) is 0 Å². The van der Waals surface area contributed by atoms with Gasteiger partial charge in [0.05, 0.1) is 26.0 Å². The molecular formula is C21H32IN5O2. The molecule has 160 valence electrons. The van der Waals surface area contributed by atoms with E-state index in [-0.39, 0.29) is 30.1 Å². The molecule has 29 heavy (non-hydrogen) atoms. The van der Waals surface area contributed by atoms with Crippen molar-refractivity contribution in [3.05, 3.63) is 47.3 Å². The molecule has 1 aliphatic rings. The summed E-state index contributed by atoms with van der Waals surface area (Å²) >= 11 is 0.